The number of hydrogen-bond acceptors (Lipinski definition) is 5. The average Bonchev–Trinajstić information content (AvgIpc) is 3.12. The van der Waals surface area contributed by atoms with E-state index in [1.54, 1.807) is 0 Å². The van der Waals surface area contributed by atoms with Crippen molar-refractivity contribution in [3.8, 4) is 5.75 Å². The zero-order valence-corrected chi connectivity index (χ0v) is 17.5. The zero-order valence-electron chi connectivity index (χ0n) is 17.5. The van der Waals surface area contributed by atoms with Crippen LogP contribution in [0.4, 0.5) is 0 Å². The minimum atomic E-state index is -0.492. The number of rotatable bonds is 9. The lowest BCUT2D eigenvalue weighted by Gasteiger charge is -2.32. The molecule has 160 valence electrons. The lowest BCUT2D eigenvalue weighted by Crippen LogP contribution is -2.47. The summed E-state index contributed by atoms with van der Waals surface area (Å²) in [5.74, 6) is 0.205. The van der Waals surface area contributed by atoms with Gasteiger partial charge in [0, 0.05) is 6.04 Å². The van der Waals surface area contributed by atoms with E-state index in [2.05, 4.69) is 10.2 Å². The molecule has 0 unspecified atom stereocenters. The Morgan fingerprint density at radius 3 is 2.33 bits per heavy atom. The summed E-state index contributed by atoms with van der Waals surface area (Å²) in [4.78, 5) is 28.8. The average molecular weight is 411 g/mol. The van der Waals surface area contributed by atoms with Gasteiger partial charge in [0.25, 0.3) is 0 Å². The third kappa shape index (κ3) is 5.37. The van der Waals surface area contributed by atoms with Gasteiger partial charge in [-0.25, -0.2) is 0 Å². The number of hydrogen-bond donors (Lipinski definition) is 2. The van der Waals surface area contributed by atoms with Crippen molar-refractivity contribution in [2.75, 3.05) is 33.8 Å². The molecule has 7 heteroatoms. The summed E-state index contributed by atoms with van der Waals surface area (Å²) in [6.07, 6.45) is 0.590. The third-order valence-electron chi connectivity index (χ3n) is 5.48. The second-order valence-electron chi connectivity index (χ2n) is 7.72. The van der Waals surface area contributed by atoms with E-state index in [1.807, 2.05) is 79.7 Å². The number of nitrogens with zero attached hydrogens (tertiary/aromatic N) is 2. The fourth-order valence-electron chi connectivity index (χ4n) is 4.05. The van der Waals surface area contributed by atoms with Crippen LogP contribution in [0.5, 0.6) is 5.75 Å². The molecule has 2 aromatic rings. The number of likely N-dealkylation sites (N-methyl/N-ethyl adjacent to an activating group) is 1. The van der Waals surface area contributed by atoms with Gasteiger partial charge < -0.3 is 20.7 Å². The molecule has 1 saturated heterocycles. The van der Waals surface area contributed by atoms with Crippen molar-refractivity contribution in [1.82, 2.24) is 15.1 Å². The van der Waals surface area contributed by atoms with Gasteiger partial charge in [-0.15, -0.1) is 0 Å². The van der Waals surface area contributed by atoms with Crippen molar-refractivity contribution < 1.29 is 14.3 Å². The van der Waals surface area contributed by atoms with Gasteiger partial charge in [0.2, 0.25) is 11.8 Å². The van der Waals surface area contributed by atoms with Crippen molar-refractivity contribution in [2.45, 2.75) is 24.5 Å². The molecular formula is C23H30N4O3. The standard InChI is InChI=1S/C23H30N4O3/c1-26(2)19-15-20(23(24)29)27(22(19)17-9-5-3-6-10-17)16-21(28)25-13-14-30-18-11-7-4-8-12-18/h3-12,19-20,22H,13-16H2,1-2H3,(H2,24,29)(H,25,28)/t19-,20+,22+/m1/s1. The molecule has 3 rings (SSSR count). The number of nitrogens with two attached hydrogens (primary N) is 1. The Hall–Kier alpha value is -2.90. The van der Waals surface area contributed by atoms with Crippen molar-refractivity contribution in [1.29, 1.82) is 0 Å². The number of nitrogens with one attached hydrogen (secondary N) is 1. The summed E-state index contributed by atoms with van der Waals surface area (Å²) >= 11 is 0. The zero-order chi connectivity index (χ0) is 21.5. The predicted molar refractivity (Wildman–Crippen MR) is 116 cm³/mol. The van der Waals surface area contributed by atoms with Gasteiger partial charge in [-0.1, -0.05) is 48.5 Å². The maximum absolute atomic E-state index is 12.7. The van der Waals surface area contributed by atoms with Gasteiger partial charge in [0.05, 0.1) is 25.2 Å². The summed E-state index contributed by atoms with van der Waals surface area (Å²) in [7, 11) is 3.98. The highest BCUT2D eigenvalue weighted by Gasteiger charge is 2.45. The first kappa shape index (κ1) is 21.8. The first-order valence-electron chi connectivity index (χ1n) is 10.2. The second-order valence-corrected chi connectivity index (χ2v) is 7.72. The number of likely N-dealkylation sites (tertiary alicyclic amines) is 1. The van der Waals surface area contributed by atoms with E-state index in [-0.39, 0.29) is 24.5 Å². The highest BCUT2D eigenvalue weighted by atomic mass is 16.5. The fourth-order valence-corrected chi connectivity index (χ4v) is 4.05. The lowest BCUT2D eigenvalue weighted by molar-refractivity contribution is -0.126. The molecule has 0 radical (unpaired) electrons. The van der Waals surface area contributed by atoms with Crippen LogP contribution < -0.4 is 15.8 Å². The molecule has 2 amide bonds. The normalized spacial score (nSPS) is 21.5. The van der Waals surface area contributed by atoms with E-state index >= 15 is 0 Å². The first-order chi connectivity index (χ1) is 14.5. The van der Waals surface area contributed by atoms with Gasteiger partial charge >= 0.3 is 0 Å². The molecule has 1 fully saturated rings. The van der Waals surface area contributed by atoms with Crippen LogP contribution >= 0.6 is 0 Å². The van der Waals surface area contributed by atoms with Crippen LogP contribution in [0.25, 0.3) is 0 Å². The maximum atomic E-state index is 12.7. The highest BCUT2D eigenvalue weighted by Crippen LogP contribution is 2.38. The molecule has 7 nitrogen and oxygen atoms in total. The van der Waals surface area contributed by atoms with Crippen molar-refractivity contribution in [3.63, 3.8) is 0 Å². The van der Waals surface area contributed by atoms with Crippen LogP contribution in [0.1, 0.15) is 18.0 Å². The Labute approximate surface area is 177 Å². The number of amides is 2. The topological polar surface area (TPSA) is 87.9 Å². The van der Waals surface area contributed by atoms with Gasteiger partial charge in [-0.2, -0.15) is 0 Å². The largest absolute Gasteiger partial charge is 0.492 e. The number of ether oxygens (including phenoxy) is 1. The molecular weight excluding hydrogens is 380 g/mol. The van der Waals surface area contributed by atoms with Gasteiger partial charge in [-0.3, -0.25) is 14.5 Å². The third-order valence-corrected chi connectivity index (χ3v) is 5.48. The molecule has 1 aliphatic rings. The van der Waals surface area contributed by atoms with Crippen molar-refractivity contribution in [3.05, 3.63) is 66.2 Å². The number of primary amides is 1. The quantitative estimate of drug-likeness (QED) is 0.611. The molecule has 3 N–H and O–H groups in total. The van der Waals surface area contributed by atoms with Crippen LogP contribution in [0.3, 0.4) is 0 Å². The predicted octanol–water partition coefficient (Wildman–Crippen LogP) is 1.41. The fraction of sp³-hybridized carbons (Fsp3) is 0.391. The summed E-state index contributed by atoms with van der Waals surface area (Å²) < 4.78 is 5.62. The lowest BCUT2D eigenvalue weighted by atomic mass is 9.99. The van der Waals surface area contributed by atoms with Gasteiger partial charge in [0.1, 0.15) is 12.4 Å². The molecule has 1 aliphatic heterocycles. The van der Waals surface area contributed by atoms with Crippen LogP contribution in [0.15, 0.2) is 60.7 Å². The van der Waals surface area contributed by atoms with Crippen LogP contribution in [-0.4, -0.2) is 67.5 Å². The summed E-state index contributed by atoms with van der Waals surface area (Å²) in [6.45, 7) is 0.857. The number of para-hydroxylation sites is 1. The monoisotopic (exact) mass is 410 g/mol. The Kier molecular flexibility index (Phi) is 7.43. The summed E-state index contributed by atoms with van der Waals surface area (Å²) in [6, 6.07) is 18.9. The van der Waals surface area contributed by atoms with E-state index in [0.29, 0.717) is 19.6 Å². The van der Waals surface area contributed by atoms with E-state index in [0.717, 1.165) is 11.3 Å². The first-order valence-corrected chi connectivity index (χ1v) is 10.2. The van der Waals surface area contributed by atoms with Crippen LogP contribution in [-0.2, 0) is 9.59 Å². The number of carbonyl (C=O) groups is 2. The number of benzene rings is 2. The molecule has 1 heterocycles. The molecule has 0 saturated carbocycles. The molecule has 30 heavy (non-hydrogen) atoms. The molecule has 2 aromatic carbocycles. The van der Waals surface area contributed by atoms with E-state index in [4.69, 9.17) is 10.5 Å². The molecule has 0 aromatic heterocycles. The van der Waals surface area contributed by atoms with E-state index in [1.165, 1.54) is 0 Å². The second kappa shape index (κ2) is 10.2. The summed E-state index contributed by atoms with van der Waals surface area (Å²) in [5, 5.41) is 2.88. The Balaban J connectivity index is 1.65. The van der Waals surface area contributed by atoms with Gasteiger partial charge in [0.15, 0.2) is 0 Å². The van der Waals surface area contributed by atoms with Crippen LogP contribution in [0.2, 0.25) is 0 Å². The smallest absolute Gasteiger partial charge is 0.234 e. The Morgan fingerprint density at radius 2 is 1.73 bits per heavy atom. The Bertz CT molecular complexity index is 829. The molecule has 0 aliphatic carbocycles. The Morgan fingerprint density at radius 1 is 1.10 bits per heavy atom. The maximum Gasteiger partial charge on any atom is 0.234 e. The summed E-state index contributed by atoms with van der Waals surface area (Å²) in [5.41, 5.74) is 6.77. The molecule has 0 spiro atoms. The van der Waals surface area contributed by atoms with Crippen molar-refractivity contribution in [2.24, 2.45) is 5.73 Å². The van der Waals surface area contributed by atoms with E-state index in [9.17, 15) is 9.59 Å². The minimum absolute atomic E-state index is 0.0825. The highest BCUT2D eigenvalue weighted by molar-refractivity contribution is 5.83. The van der Waals surface area contributed by atoms with Gasteiger partial charge in [-0.05, 0) is 38.2 Å². The van der Waals surface area contributed by atoms with Crippen molar-refractivity contribution >= 4 is 11.8 Å². The minimum Gasteiger partial charge on any atom is -0.492 e. The molecule has 0 bridgehead atoms. The number of carbonyl (C=O) groups excluding carboxylic acids is 2. The van der Waals surface area contributed by atoms with Crippen LogP contribution in [0, 0.1) is 0 Å². The van der Waals surface area contributed by atoms with E-state index < -0.39 is 11.9 Å². The molecule has 3 atom stereocenters. The SMILES string of the molecule is CN(C)[C@@H]1C[C@@H](C(N)=O)N(CC(=O)NCCOc2ccccc2)[C@H]1c1ccccc1.